The van der Waals surface area contributed by atoms with E-state index in [1.165, 1.54) is 13.2 Å². The van der Waals surface area contributed by atoms with Crippen LogP contribution in [-0.2, 0) is 4.79 Å². The maximum atomic E-state index is 14.0. The van der Waals surface area contributed by atoms with Gasteiger partial charge < -0.3 is 9.47 Å². The maximum Gasteiger partial charge on any atom is 0.314 e. The highest BCUT2D eigenvalue weighted by atomic mass is 19.1. The van der Waals surface area contributed by atoms with E-state index < -0.39 is 5.82 Å². The minimum Gasteiger partial charge on any atom is -0.493 e. The fourth-order valence-electron chi connectivity index (χ4n) is 2.69. The van der Waals surface area contributed by atoms with Crippen molar-refractivity contribution >= 4 is 17.6 Å². The average molecular weight is 367 g/mol. The molecular formula is C22H22FNO3. The van der Waals surface area contributed by atoms with Crippen LogP contribution in [0.15, 0.2) is 42.5 Å². The smallest absolute Gasteiger partial charge is 0.314 e. The molecule has 0 amide bonds. The van der Waals surface area contributed by atoms with E-state index in [2.05, 4.69) is 0 Å². The van der Waals surface area contributed by atoms with Gasteiger partial charge in [-0.1, -0.05) is 38.1 Å². The van der Waals surface area contributed by atoms with E-state index in [-0.39, 0.29) is 23.0 Å². The number of hydrogen-bond acceptors (Lipinski definition) is 4. The first-order valence-electron chi connectivity index (χ1n) is 8.80. The highest BCUT2D eigenvalue weighted by molar-refractivity contribution is 5.90. The molecule has 0 fully saturated rings. The molecule has 0 aliphatic carbocycles. The van der Waals surface area contributed by atoms with Crippen molar-refractivity contribution in [1.29, 1.82) is 5.26 Å². The number of esters is 1. The zero-order valence-electron chi connectivity index (χ0n) is 15.7. The van der Waals surface area contributed by atoms with Gasteiger partial charge in [0.1, 0.15) is 5.82 Å². The molecule has 0 aliphatic heterocycles. The van der Waals surface area contributed by atoms with E-state index in [0.29, 0.717) is 29.9 Å². The highest BCUT2D eigenvalue weighted by Gasteiger charge is 2.18. The first-order chi connectivity index (χ1) is 13.0. The molecule has 140 valence electrons. The summed E-state index contributed by atoms with van der Waals surface area (Å²) in [6.45, 7) is 3.87. The van der Waals surface area contributed by atoms with Crippen molar-refractivity contribution in [3.05, 3.63) is 59.4 Å². The summed E-state index contributed by atoms with van der Waals surface area (Å²) < 4.78 is 24.7. The summed E-state index contributed by atoms with van der Waals surface area (Å²) in [5.41, 5.74) is 1.05. The predicted octanol–water partition coefficient (Wildman–Crippen LogP) is 5.24. The molecule has 2 rings (SSSR count). The van der Waals surface area contributed by atoms with Gasteiger partial charge in [-0.2, -0.15) is 5.26 Å². The van der Waals surface area contributed by atoms with Crippen LogP contribution in [0.5, 0.6) is 11.5 Å². The lowest BCUT2D eigenvalue weighted by Gasteiger charge is -2.14. The van der Waals surface area contributed by atoms with Gasteiger partial charge in [-0.15, -0.1) is 0 Å². The van der Waals surface area contributed by atoms with Crippen LogP contribution in [0, 0.1) is 23.1 Å². The van der Waals surface area contributed by atoms with Crippen molar-refractivity contribution in [3.8, 4) is 17.6 Å². The average Bonchev–Trinajstić information content (AvgIpc) is 2.68. The van der Waals surface area contributed by atoms with E-state index in [1.807, 2.05) is 19.9 Å². The second kappa shape index (κ2) is 9.54. The van der Waals surface area contributed by atoms with Gasteiger partial charge in [-0.05, 0) is 42.7 Å². The second-order valence-electron chi connectivity index (χ2n) is 5.99. The Labute approximate surface area is 158 Å². The van der Waals surface area contributed by atoms with E-state index in [0.717, 1.165) is 0 Å². The Morgan fingerprint density at radius 3 is 2.48 bits per heavy atom. The summed E-state index contributed by atoms with van der Waals surface area (Å²) in [5.74, 6) is -0.246. The number of carbonyl (C=O) groups is 1. The lowest BCUT2D eigenvalue weighted by Crippen LogP contribution is -2.19. The Kier molecular flexibility index (Phi) is 7.13. The van der Waals surface area contributed by atoms with E-state index in [9.17, 15) is 14.4 Å². The maximum absolute atomic E-state index is 14.0. The van der Waals surface area contributed by atoms with Crippen LogP contribution < -0.4 is 9.47 Å². The van der Waals surface area contributed by atoms with E-state index in [1.54, 1.807) is 42.5 Å². The first kappa shape index (κ1) is 20.2. The van der Waals surface area contributed by atoms with Gasteiger partial charge in [-0.25, -0.2) is 4.39 Å². The molecule has 0 aromatic heterocycles. The summed E-state index contributed by atoms with van der Waals surface area (Å²) in [7, 11) is 1.47. The summed E-state index contributed by atoms with van der Waals surface area (Å²) in [5, 5.41) is 9.40. The Hall–Kier alpha value is -3.13. The third-order valence-electron chi connectivity index (χ3n) is 4.31. The van der Waals surface area contributed by atoms with Crippen molar-refractivity contribution in [3.63, 3.8) is 0 Å². The quantitative estimate of drug-likeness (QED) is 0.291. The number of methoxy groups -OCH3 is 1. The lowest BCUT2D eigenvalue weighted by atomic mass is 10.0. The molecule has 0 heterocycles. The molecule has 4 nitrogen and oxygen atoms in total. The lowest BCUT2D eigenvalue weighted by molar-refractivity contribution is -0.139. The third kappa shape index (κ3) is 4.95. The monoisotopic (exact) mass is 367 g/mol. The zero-order valence-corrected chi connectivity index (χ0v) is 15.7. The number of halogens is 1. The fourth-order valence-corrected chi connectivity index (χ4v) is 2.69. The van der Waals surface area contributed by atoms with Crippen LogP contribution in [0.2, 0.25) is 0 Å². The predicted molar refractivity (Wildman–Crippen MR) is 103 cm³/mol. The molecule has 0 N–H and O–H groups in total. The minimum absolute atomic E-state index is 0.166. The molecule has 27 heavy (non-hydrogen) atoms. The number of nitriles is 1. The topological polar surface area (TPSA) is 59.3 Å². The molecular weight excluding hydrogens is 345 g/mol. The molecule has 0 aliphatic rings. The summed E-state index contributed by atoms with van der Waals surface area (Å²) in [6, 6.07) is 13.1. The third-order valence-corrected chi connectivity index (χ3v) is 4.31. The van der Waals surface area contributed by atoms with Crippen LogP contribution in [0.1, 0.15) is 37.8 Å². The number of rotatable bonds is 7. The van der Waals surface area contributed by atoms with Crippen LogP contribution in [0.25, 0.3) is 11.6 Å². The molecule has 0 atom stereocenters. The molecule has 0 radical (unpaired) electrons. The van der Waals surface area contributed by atoms with Crippen LogP contribution in [0.4, 0.5) is 4.39 Å². The van der Waals surface area contributed by atoms with Gasteiger partial charge in [0.25, 0.3) is 0 Å². The highest BCUT2D eigenvalue weighted by Crippen LogP contribution is 2.31. The fraction of sp³-hybridized carbons (Fsp3) is 0.273. The normalized spacial score (nSPS) is 11.2. The van der Waals surface area contributed by atoms with Crippen molar-refractivity contribution in [2.24, 2.45) is 5.92 Å². The van der Waals surface area contributed by atoms with Crippen LogP contribution >= 0.6 is 0 Å². The van der Waals surface area contributed by atoms with Crippen molar-refractivity contribution in [2.45, 2.75) is 26.7 Å². The molecule has 0 saturated carbocycles. The zero-order chi connectivity index (χ0) is 19.8. The molecule has 0 unspecified atom stereocenters. The van der Waals surface area contributed by atoms with E-state index in [4.69, 9.17) is 9.47 Å². The number of carbonyl (C=O) groups excluding carboxylic acids is 1. The molecule has 0 bridgehead atoms. The van der Waals surface area contributed by atoms with E-state index >= 15 is 0 Å². The Morgan fingerprint density at radius 2 is 1.89 bits per heavy atom. The van der Waals surface area contributed by atoms with Crippen molar-refractivity contribution in [1.82, 2.24) is 0 Å². The van der Waals surface area contributed by atoms with Gasteiger partial charge >= 0.3 is 5.97 Å². The van der Waals surface area contributed by atoms with Gasteiger partial charge in [0.2, 0.25) is 0 Å². The van der Waals surface area contributed by atoms with Gasteiger partial charge in [0.05, 0.1) is 24.7 Å². The standard InChI is InChI=1S/C22H22FNO3/c1-4-16(5-2)22(25)27-20-11-10-15(13-21(20)26-3)12-17(14-24)18-8-6-7-9-19(18)23/h6-13,16H,4-5H2,1-3H3/b17-12-. The molecule has 2 aromatic rings. The van der Waals surface area contributed by atoms with Crippen LogP contribution in [-0.4, -0.2) is 13.1 Å². The Balaban J connectivity index is 2.34. The summed E-state index contributed by atoms with van der Waals surface area (Å²) >= 11 is 0. The van der Waals surface area contributed by atoms with Crippen molar-refractivity contribution in [2.75, 3.05) is 7.11 Å². The van der Waals surface area contributed by atoms with Crippen LogP contribution in [0.3, 0.4) is 0 Å². The van der Waals surface area contributed by atoms with Crippen molar-refractivity contribution < 1.29 is 18.7 Å². The van der Waals surface area contributed by atoms with Gasteiger partial charge in [0, 0.05) is 5.56 Å². The molecule has 5 heteroatoms. The summed E-state index contributed by atoms with van der Waals surface area (Å²) in [6.07, 6.45) is 2.96. The SMILES string of the molecule is CCC(CC)C(=O)Oc1ccc(/C=C(/C#N)c2ccccc2F)cc1OC. The second-order valence-corrected chi connectivity index (χ2v) is 5.99. The Morgan fingerprint density at radius 1 is 1.19 bits per heavy atom. The number of hydrogen-bond donors (Lipinski definition) is 0. The number of nitrogens with zero attached hydrogens (tertiary/aromatic N) is 1. The number of ether oxygens (including phenoxy) is 2. The molecule has 2 aromatic carbocycles. The number of allylic oxidation sites excluding steroid dienone is 1. The Bertz CT molecular complexity index is 879. The van der Waals surface area contributed by atoms with Gasteiger partial charge in [-0.3, -0.25) is 4.79 Å². The molecule has 0 spiro atoms. The van der Waals surface area contributed by atoms with Gasteiger partial charge in [0.15, 0.2) is 11.5 Å². The largest absolute Gasteiger partial charge is 0.493 e. The first-order valence-corrected chi connectivity index (χ1v) is 8.80. The summed E-state index contributed by atoms with van der Waals surface area (Å²) in [4.78, 5) is 12.2. The molecule has 0 saturated heterocycles. The minimum atomic E-state index is -0.465. The number of benzene rings is 2.